The van der Waals surface area contributed by atoms with E-state index < -0.39 is 26.9 Å². The number of hydrogen-bond donors (Lipinski definition) is 1. The summed E-state index contributed by atoms with van der Waals surface area (Å²) in [4.78, 5) is 23.3. The van der Waals surface area contributed by atoms with Crippen molar-refractivity contribution >= 4 is 27.3 Å². The topological polar surface area (TPSA) is 110 Å². The number of aryl methyl sites for hydroxylation is 1. The molecule has 0 spiro atoms. The van der Waals surface area contributed by atoms with E-state index in [1.165, 1.54) is 25.1 Å². The largest absolute Gasteiger partial charge is 0.351 e. The first kappa shape index (κ1) is 22.9. The van der Waals surface area contributed by atoms with Crippen LogP contribution in [0.4, 0.5) is 11.4 Å². The minimum atomic E-state index is -3.85. The number of sulfonamides is 1. The molecule has 1 atom stereocenters. The van der Waals surface area contributed by atoms with E-state index in [0.29, 0.717) is 5.56 Å². The van der Waals surface area contributed by atoms with Gasteiger partial charge in [0.05, 0.1) is 16.9 Å². The lowest BCUT2D eigenvalue weighted by atomic mass is 9.93. The van der Waals surface area contributed by atoms with Gasteiger partial charge in [-0.1, -0.05) is 33.8 Å². The molecule has 0 heterocycles. The third kappa shape index (κ3) is 5.66. The van der Waals surface area contributed by atoms with Crippen LogP contribution in [0.2, 0.25) is 0 Å². The molecule has 0 radical (unpaired) electrons. The third-order valence-corrected chi connectivity index (χ3v) is 5.70. The predicted molar refractivity (Wildman–Crippen MR) is 106 cm³/mol. The van der Waals surface area contributed by atoms with E-state index in [1.54, 1.807) is 6.92 Å². The Bertz CT molecular complexity index is 797. The Hall–Kier alpha value is -2.16. The zero-order valence-corrected chi connectivity index (χ0v) is 17.7. The van der Waals surface area contributed by atoms with Crippen LogP contribution < -0.4 is 9.62 Å². The Balaban J connectivity index is 3.35. The second kappa shape index (κ2) is 8.69. The standard InChI is InChI=1S/C18H29N3O5S/c1-11(2)17(12(3)4)19-18(22)14(6)20(27(7,25)26)16-10-15(21(23)24)9-8-13(16)5/h8-12,14,17H,1-7H3,(H,19,22)/t14-/m1/s1. The summed E-state index contributed by atoms with van der Waals surface area (Å²) in [7, 11) is -3.85. The van der Waals surface area contributed by atoms with Crippen LogP contribution in [0.25, 0.3) is 0 Å². The predicted octanol–water partition coefficient (Wildman–Crippen LogP) is 2.85. The quantitative estimate of drug-likeness (QED) is 0.534. The van der Waals surface area contributed by atoms with Crippen molar-refractivity contribution in [3.63, 3.8) is 0 Å². The second-order valence-electron chi connectivity index (χ2n) is 7.49. The number of nitrogens with zero attached hydrogens (tertiary/aromatic N) is 2. The van der Waals surface area contributed by atoms with Gasteiger partial charge in [0.25, 0.3) is 5.69 Å². The van der Waals surface area contributed by atoms with Crippen LogP contribution >= 0.6 is 0 Å². The van der Waals surface area contributed by atoms with Crippen molar-refractivity contribution in [2.24, 2.45) is 11.8 Å². The van der Waals surface area contributed by atoms with Gasteiger partial charge in [0.15, 0.2) is 0 Å². The minimum Gasteiger partial charge on any atom is -0.351 e. The van der Waals surface area contributed by atoms with Gasteiger partial charge < -0.3 is 5.32 Å². The van der Waals surface area contributed by atoms with E-state index >= 15 is 0 Å². The number of carbonyl (C=O) groups is 1. The molecular formula is C18H29N3O5S. The molecule has 1 rings (SSSR count). The van der Waals surface area contributed by atoms with E-state index in [0.717, 1.165) is 10.6 Å². The maximum Gasteiger partial charge on any atom is 0.271 e. The van der Waals surface area contributed by atoms with Crippen molar-refractivity contribution in [3.05, 3.63) is 33.9 Å². The number of nitro groups is 1. The SMILES string of the molecule is Cc1ccc([N+](=O)[O-])cc1N([C@H](C)C(=O)NC(C(C)C)C(C)C)S(C)(=O)=O. The molecule has 1 aromatic carbocycles. The number of amides is 1. The Morgan fingerprint density at radius 3 is 2.07 bits per heavy atom. The molecule has 0 saturated heterocycles. The third-order valence-electron chi connectivity index (χ3n) is 4.47. The number of anilines is 1. The molecule has 1 amide bonds. The van der Waals surface area contributed by atoms with Crippen molar-refractivity contribution in [1.82, 2.24) is 5.32 Å². The molecule has 0 unspecified atom stereocenters. The molecule has 9 heteroatoms. The molecule has 0 bridgehead atoms. The van der Waals surface area contributed by atoms with E-state index in [4.69, 9.17) is 0 Å². The van der Waals surface area contributed by atoms with Crippen molar-refractivity contribution in [3.8, 4) is 0 Å². The van der Waals surface area contributed by atoms with Crippen molar-refractivity contribution in [1.29, 1.82) is 0 Å². The first-order valence-electron chi connectivity index (χ1n) is 8.82. The Kier molecular flexibility index (Phi) is 7.36. The van der Waals surface area contributed by atoms with Gasteiger partial charge in [0.2, 0.25) is 15.9 Å². The van der Waals surface area contributed by atoms with Crippen LogP contribution in [0.3, 0.4) is 0 Å². The van der Waals surface area contributed by atoms with E-state index in [-0.39, 0.29) is 29.3 Å². The van der Waals surface area contributed by atoms with Gasteiger partial charge in [-0.25, -0.2) is 8.42 Å². The van der Waals surface area contributed by atoms with Crippen LogP contribution in [0, 0.1) is 28.9 Å². The van der Waals surface area contributed by atoms with Gasteiger partial charge in [-0.2, -0.15) is 0 Å². The highest BCUT2D eigenvalue weighted by Gasteiger charge is 2.33. The Labute approximate surface area is 161 Å². The lowest BCUT2D eigenvalue weighted by Crippen LogP contribution is -2.52. The van der Waals surface area contributed by atoms with Crippen LogP contribution in [0.1, 0.15) is 40.2 Å². The number of rotatable bonds is 8. The van der Waals surface area contributed by atoms with Crippen molar-refractivity contribution in [2.45, 2.75) is 53.6 Å². The van der Waals surface area contributed by atoms with Gasteiger partial charge in [0.1, 0.15) is 6.04 Å². The molecule has 0 aliphatic heterocycles. The number of non-ortho nitro benzene ring substituents is 1. The molecule has 27 heavy (non-hydrogen) atoms. The summed E-state index contributed by atoms with van der Waals surface area (Å²) in [5.74, 6) is -0.0986. The zero-order valence-electron chi connectivity index (χ0n) is 16.9. The molecule has 0 saturated carbocycles. The summed E-state index contributed by atoms with van der Waals surface area (Å²) in [5.41, 5.74) is 0.411. The number of nitrogens with one attached hydrogen (secondary N) is 1. The fourth-order valence-corrected chi connectivity index (χ4v) is 4.34. The number of carbonyl (C=O) groups excluding carboxylic acids is 1. The Morgan fingerprint density at radius 1 is 1.15 bits per heavy atom. The fourth-order valence-electron chi connectivity index (χ4n) is 3.12. The molecule has 1 aromatic rings. The molecule has 0 aromatic heterocycles. The average molecular weight is 400 g/mol. The van der Waals surface area contributed by atoms with Gasteiger partial charge >= 0.3 is 0 Å². The van der Waals surface area contributed by atoms with Crippen LogP contribution in [0.5, 0.6) is 0 Å². The highest BCUT2D eigenvalue weighted by atomic mass is 32.2. The molecule has 0 fully saturated rings. The smallest absolute Gasteiger partial charge is 0.271 e. The molecule has 0 aliphatic rings. The molecular weight excluding hydrogens is 370 g/mol. The second-order valence-corrected chi connectivity index (χ2v) is 9.34. The van der Waals surface area contributed by atoms with Crippen LogP contribution in [-0.2, 0) is 14.8 Å². The summed E-state index contributed by atoms with van der Waals surface area (Å²) in [5, 5.41) is 14.0. The first-order chi connectivity index (χ1) is 12.3. The van der Waals surface area contributed by atoms with Crippen molar-refractivity contribution in [2.75, 3.05) is 10.6 Å². The maximum absolute atomic E-state index is 12.8. The normalized spacial score (nSPS) is 13.1. The van der Waals surface area contributed by atoms with Gasteiger partial charge in [-0.3, -0.25) is 19.2 Å². The zero-order chi connectivity index (χ0) is 21.1. The number of nitro benzene ring substituents is 1. The summed E-state index contributed by atoms with van der Waals surface area (Å²) < 4.78 is 25.8. The minimum absolute atomic E-state index is 0.118. The fraction of sp³-hybridized carbons (Fsp3) is 0.611. The van der Waals surface area contributed by atoms with E-state index in [9.17, 15) is 23.3 Å². The average Bonchev–Trinajstić information content (AvgIpc) is 2.51. The summed E-state index contributed by atoms with van der Waals surface area (Å²) in [6, 6.07) is 2.79. The molecule has 152 valence electrons. The lowest BCUT2D eigenvalue weighted by molar-refractivity contribution is -0.384. The monoisotopic (exact) mass is 399 g/mol. The lowest BCUT2D eigenvalue weighted by Gasteiger charge is -2.32. The van der Waals surface area contributed by atoms with Crippen molar-refractivity contribution < 1.29 is 18.1 Å². The molecule has 1 N–H and O–H groups in total. The number of hydrogen-bond acceptors (Lipinski definition) is 5. The summed E-state index contributed by atoms with van der Waals surface area (Å²) >= 11 is 0. The highest BCUT2D eigenvalue weighted by Crippen LogP contribution is 2.29. The maximum atomic E-state index is 12.8. The van der Waals surface area contributed by atoms with Gasteiger partial charge in [-0.05, 0) is 31.2 Å². The van der Waals surface area contributed by atoms with Gasteiger partial charge in [0, 0.05) is 18.2 Å². The summed E-state index contributed by atoms with van der Waals surface area (Å²) in [6.07, 6.45) is 0.984. The Morgan fingerprint density at radius 2 is 1.67 bits per heavy atom. The first-order valence-corrected chi connectivity index (χ1v) is 10.7. The van der Waals surface area contributed by atoms with Crippen LogP contribution in [-0.4, -0.2) is 37.6 Å². The van der Waals surface area contributed by atoms with E-state index in [1.807, 2.05) is 27.7 Å². The molecule has 0 aliphatic carbocycles. The molecule has 8 nitrogen and oxygen atoms in total. The van der Waals surface area contributed by atoms with Gasteiger partial charge in [-0.15, -0.1) is 0 Å². The highest BCUT2D eigenvalue weighted by molar-refractivity contribution is 7.92. The van der Waals surface area contributed by atoms with Crippen LogP contribution in [0.15, 0.2) is 18.2 Å². The summed E-state index contributed by atoms with van der Waals surface area (Å²) in [6.45, 7) is 11.0. The number of benzene rings is 1. The van der Waals surface area contributed by atoms with E-state index in [2.05, 4.69) is 5.32 Å².